The minimum atomic E-state index is -1.07. The van der Waals surface area contributed by atoms with E-state index in [9.17, 15) is 14.7 Å². The van der Waals surface area contributed by atoms with Crippen molar-refractivity contribution >= 4 is 23.6 Å². The Bertz CT molecular complexity index is 792. The van der Waals surface area contributed by atoms with Gasteiger partial charge in [-0.2, -0.15) is 0 Å². The van der Waals surface area contributed by atoms with Crippen LogP contribution in [0.2, 0.25) is 0 Å². The number of aromatic carboxylic acids is 1. The highest BCUT2D eigenvalue weighted by atomic mass is 16.4. The fourth-order valence-electron chi connectivity index (χ4n) is 2.67. The molecule has 26 heavy (non-hydrogen) atoms. The first kappa shape index (κ1) is 19.4. The van der Waals surface area contributed by atoms with Crippen LogP contribution in [-0.4, -0.2) is 17.0 Å². The molecule has 0 fully saturated rings. The molecule has 0 heterocycles. The number of unbranched alkanes of at least 4 members (excludes halogenated alkanes) is 2. The molecule has 0 aliphatic heterocycles. The van der Waals surface area contributed by atoms with Gasteiger partial charge in [0.15, 0.2) is 0 Å². The summed E-state index contributed by atoms with van der Waals surface area (Å²) in [4.78, 5) is 23.4. The van der Waals surface area contributed by atoms with Crippen LogP contribution in [-0.2, 0) is 11.2 Å². The lowest BCUT2D eigenvalue weighted by atomic mass is 10.1. The van der Waals surface area contributed by atoms with Crippen LogP contribution in [0.15, 0.2) is 48.5 Å². The van der Waals surface area contributed by atoms with Crippen LogP contribution < -0.4 is 5.32 Å². The summed E-state index contributed by atoms with van der Waals surface area (Å²) in [5, 5.41) is 11.9. The average molecular weight is 351 g/mol. The van der Waals surface area contributed by atoms with Crippen molar-refractivity contribution in [2.24, 2.45) is 0 Å². The van der Waals surface area contributed by atoms with E-state index in [4.69, 9.17) is 0 Å². The molecule has 4 heteroatoms. The molecule has 2 rings (SSSR count). The molecule has 0 saturated heterocycles. The van der Waals surface area contributed by atoms with Crippen molar-refractivity contribution in [1.82, 2.24) is 0 Å². The normalized spacial score (nSPS) is 10.8. The van der Waals surface area contributed by atoms with E-state index >= 15 is 0 Å². The fourth-order valence-corrected chi connectivity index (χ4v) is 2.67. The van der Waals surface area contributed by atoms with Crippen LogP contribution in [0.4, 0.5) is 5.69 Å². The Labute approximate surface area is 154 Å². The zero-order valence-corrected chi connectivity index (χ0v) is 15.3. The second-order valence-electron chi connectivity index (χ2n) is 6.38. The highest BCUT2D eigenvalue weighted by Crippen LogP contribution is 2.18. The maximum atomic E-state index is 12.1. The van der Waals surface area contributed by atoms with Crippen molar-refractivity contribution in [3.8, 4) is 0 Å². The van der Waals surface area contributed by atoms with Gasteiger partial charge < -0.3 is 10.4 Å². The van der Waals surface area contributed by atoms with E-state index in [2.05, 4.69) is 24.4 Å². The van der Waals surface area contributed by atoms with Crippen LogP contribution in [0.1, 0.15) is 53.2 Å². The lowest BCUT2D eigenvalue weighted by Gasteiger charge is -2.07. The van der Waals surface area contributed by atoms with Crippen molar-refractivity contribution in [3.63, 3.8) is 0 Å². The van der Waals surface area contributed by atoms with Gasteiger partial charge in [0.25, 0.3) is 0 Å². The van der Waals surface area contributed by atoms with Gasteiger partial charge in [-0.05, 0) is 54.7 Å². The number of carboxylic acids is 1. The van der Waals surface area contributed by atoms with E-state index in [0.717, 1.165) is 17.5 Å². The van der Waals surface area contributed by atoms with Crippen LogP contribution in [0.3, 0.4) is 0 Å². The van der Waals surface area contributed by atoms with E-state index in [-0.39, 0.29) is 11.5 Å². The number of carbonyl (C=O) groups excluding carboxylic acids is 1. The summed E-state index contributed by atoms with van der Waals surface area (Å²) < 4.78 is 0. The first-order chi connectivity index (χ1) is 12.5. The molecule has 0 unspecified atom stereocenters. The van der Waals surface area contributed by atoms with Gasteiger partial charge in [-0.1, -0.05) is 50.1 Å². The number of amides is 1. The van der Waals surface area contributed by atoms with E-state index in [0.29, 0.717) is 5.69 Å². The van der Waals surface area contributed by atoms with Crippen LogP contribution >= 0.6 is 0 Å². The quantitative estimate of drug-likeness (QED) is 0.515. The Hall–Kier alpha value is -2.88. The maximum Gasteiger partial charge on any atom is 0.337 e. The summed E-state index contributed by atoms with van der Waals surface area (Å²) in [5.41, 5.74) is 3.49. The van der Waals surface area contributed by atoms with Crippen molar-refractivity contribution in [2.45, 2.75) is 39.5 Å². The van der Waals surface area contributed by atoms with Gasteiger partial charge in [0, 0.05) is 6.08 Å². The van der Waals surface area contributed by atoms with Gasteiger partial charge in [0.05, 0.1) is 11.3 Å². The van der Waals surface area contributed by atoms with Gasteiger partial charge in [-0.15, -0.1) is 0 Å². The topological polar surface area (TPSA) is 66.4 Å². The van der Waals surface area contributed by atoms with Crippen LogP contribution in [0.25, 0.3) is 6.08 Å². The molecule has 0 spiro atoms. The van der Waals surface area contributed by atoms with Gasteiger partial charge >= 0.3 is 5.97 Å². The summed E-state index contributed by atoms with van der Waals surface area (Å²) in [7, 11) is 0. The summed E-state index contributed by atoms with van der Waals surface area (Å²) in [6, 6.07) is 13.0. The Morgan fingerprint density at radius 2 is 1.81 bits per heavy atom. The third kappa shape index (κ3) is 5.88. The number of carboxylic acid groups (broad SMARTS) is 1. The first-order valence-corrected chi connectivity index (χ1v) is 8.91. The molecular formula is C22H25NO3. The molecular weight excluding hydrogens is 326 g/mol. The van der Waals surface area contributed by atoms with Crippen molar-refractivity contribution < 1.29 is 14.7 Å². The molecule has 0 bridgehead atoms. The maximum absolute atomic E-state index is 12.1. The summed E-state index contributed by atoms with van der Waals surface area (Å²) in [5.74, 6) is -1.42. The van der Waals surface area contributed by atoms with E-state index < -0.39 is 5.97 Å². The highest BCUT2D eigenvalue weighted by molar-refractivity contribution is 6.06. The summed E-state index contributed by atoms with van der Waals surface area (Å²) >= 11 is 0. The highest BCUT2D eigenvalue weighted by Gasteiger charge is 2.11. The molecule has 2 aromatic carbocycles. The SMILES string of the molecule is CCCCCc1ccc(/C=C/C(=O)Nc2cc(C)ccc2C(=O)O)cc1. The Morgan fingerprint density at radius 3 is 2.46 bits per heavy atom. The number of hydrogen-bond donors (Lipinski definition) is 2. The largest absolute Gasteiger partial charge is 0.478 e. The fraction of sp³-hybridized carbons (Fsp3) is 0.273. The van der Waals surface area contributed by atoms with Gasteiger partial charge in [0.1, 0.15) is 0 Å². The Morgan fingerprint density at radius 1 is 1.08 bits per heavy atom. The van der Waals surface area contributed by atoms with E-state index in [1.165, 1.54) is 37.0 Å². The Balaban J connectivity index is 1.99. The Kier molecular flexibility index (Phi) is 7.15. The van der Waals surface area contributed by atoms with Crippen molar-refractivity contribution in [1.29, 1.82) is 0 Å². The second-order valence-corrected chi connectivity index (χ2v) is 6.38. The van der Waals surface area contributed by atoms with E-state index in [1.807, 2.05) is 19.1 Å². The molecule has 1 amide bonds. The van der Waals surface area contributed by atoms with Gasteiger partial charge in [-0.3, -0.25) is 4.79 Å². The molecule has 2 N–H and O–H groups in total. The minimum absolute atomic E-state index is 0.0776. The van der Waals surface area contributed by atoms with Crippen molar-refractivity contribution in [3.05, 3.63) is 70.8 Å². The molecule has 0 atom stereocenters. The number of carbonyl (C=O) groups is 2. The van der Waals surface area contributed by atoms with E-state index in [1.54, 1.807) is 18.2 Å². The average Bonchev–Trinajstić information content (AvgIpc) is 2.61. The third-order valence-electron chi connectivity index (χ3n) is 4.14. The molecule has 0 saturated carbocycles. The number of nitrogens with one attached hydrogen (secondary N) is 1. The summed E-state index contributed by atoms with van der Waals surface area (Å²) in [6.07, 6.45) is 7.85. The predicted molar refractivity (Wildman–Crippen MR) is 105 cm³/mol. The van der Waals surface area contributed by atoms with Gasteiger partial charge in [0.2, 0.25) is 5.91 Å². The monoisotopic (exact) mass is 351 g/mol. The van der Waals surface area contributed by atoms with Crippen LogP contribution in [0, 0.1) is 6.92 Å². The zero-order valence-electron chi connectivity index (χ0n) is 15.3. The predicted octanol–water partition coefficient (Wildman–Crippen LogP) is 5.08. The smallest absolute Gasteiger partial charge is 0.337 e. The third-order valence-corrected chi connectivity index (χ3v) is 4.14. The zero-order chi connectivity index (χ0) is 18.9. The summed E-state index contributed by atoms with van der Waals surface area (Å²) in [6.45, 7) is 4.04. The second kappa shape index (κ2) is 9.56. The number of anilines is 1. The first-order valence-electron chi connectivity index (χ1n) is 8.91. The van der Waals surface area contributed by atoms with Gasteiger partial charge in [-0.25, -0.2) is 4.79 Å². The molecule has 0 radical (unpaired) electrons. The molecule has 4 nitrogen and oxygen atoms in total. The minimum Gasteiger partial charge on any atom is -0.478 e. The number of rotatable bonds is 8. The number of hydrogen-bond acceptors (Lipinski definition) is 2. The standard InChI is InChI=1S/C22H25NO3/c1-3-4-5-6-17-8-10-18(11-9-17)12-14-21(24)23-20-15-16(2)7-13-19(20)22(25)26/h7-15H,3-6H2,1-2H3,(H,23,24)(H,25,26)/b14-12+. The van der Waals surface area contributed by atoms with Crippen molar-refractivity contribution in [2.75, 3.05) is 5.32 Å². The molecule has 0 aliphatic rings. The number of aryl methyl sites for hydroxylation is 2. The lowest BCUT2D eigenvalue weighted by Crippen LogP contribution is -2.12. The lowest BCUT2D eigenvalue weighted by molar-refractivity contribution is -0.111. The molecule has 0 aliphatic carbocycles. The number of benzene rings is 2. The van der Waals surface area contributed by atoms with Crippen LogP contribution in [0.5, 0.6) is 0 Å². The molecule has 2 aromatic rings. The molecule has 0 aromatic heterocycles. The molecule has 136 valence electrons.